The zero-order valence-corrected chi connectivity index (χ0v) is 11.5. The number of carbonyl (C=O) groups is 1. The van der Waals surface area contributed by atoms with E-state index in [9.17, 15) is 14.9 Å². The Hall–Kier alpha value is -2.11. The van der Waals surface area contributed by atoms with Crippen molar-refractivity contribution in [1.29, 1.82) is 0 Å². The van der Waals surface area contributed by atoms with Crippen LogP contribution in [0.4, 0.5) is 11.4 Å². The van der Waals surface area contributed by atoms with Crippen LogP contribution in [0.5, 0.6) is 0 Å². The molecule has 1 saturated carbocycles. The molecule has 1 atom stereocenters. The van der Waals surface area contributed by atoms with Gasteiger partial charge in [-0.05, 0) is 31.7 Å². The molecule has 0 spiro atoms. The number of hydrogen-bond acceptors (Lipinski definition) is 4. The van der Waals surface area contributed by atoms with Crippen LogP contribution >= 0.6 is 0 Å². The lowest BCUT2D eigenvalue weighted by Gasteiger charge is -2.13. The molecular formula is C14H19N3O3. The summed E-state index contributed by atoms with van der Waals surface area (Å²) in [4.78, 5) is 22.1. The smallest absolute Gasteiger partial charge is 0.292 e. The zero-order chi connectivity index (χ0) is 14.5. The van der Waals surface area contributed by atoms with Gasteiger partial charge in [0.1, 0.15) is 5.69 Å². The summed E-state index contributed by atoms with van der Waals surface area (Å²) in [6, 6.07) is 6.66. The maximum atomic E-state index is 11.7. The Morgan fingerprint density at radius 2 is 2.15 bits per heavy atom. The van der Waals surface area contributed by atoms with Gasteiger partial charge in [0.2, 0.25) is 5.91 Å². The predicted octanol–water partition coefficient (Wildman–Crippen LogP) is 2.31. The Bertz CT molecular complexity index is 500. The Morgan fingerprint density at radius 3 is 2.80 bits per heavy atom. The SMILES string of the molecule is CC(NC(=O)CCNc1ccccc1[N+](=O)[O-])C1CC1. The number of para-hydroxylation sites is 2. The van der Waals surface area contributed by atoms with Gasteiger partial charge in [0.25, 0.3) is 5.69 Å². The van der Waals surface area contributed by atoms with Crippen LogP contribution in [0.1, 0.15) is 26.2 Å². The highest BCUT2D eigenvalue weighted by atomic mass is 16.6. The lowest BCUT2D eigenvalue weighted by Crippen LogP contribution is -2.34. The van der Waals surface area contributed by atoms with Gasteiger partial charge in [0, 0.05) is 25.1 Å². The molecule has 20 heavy (non-hydrogen) atoms. The predicted molar refractivity (Wildman–Crippen MR) is 76.5 cm³/mol. The summed E-state index contributed by atoms with van der Waals surface area (Å²) in [5, 5.41) is 16.7. The average Bonchev–Trinajstić information content (AvgIpc) is 3.23. The number of nitrogens with zero attached hydrogens (tertiary/aromatic N) is 1. The van der Waals surface area contributed by atoms with E-state index in [2.05, 4.69) is 10.6 Å². The summed E-state index contributed by atoms with van der Waals surface area (Å²) in [5.74, 6) is 0.609. The number of rotatable bonds is 7. The first-order valence-corrected chi connectivity index (χ1v) is 6.84. The first-order valence-electron chi connectivity index (χ1n) is 6.84. The van der Waals surface area contributed by atoms with Crippen molar-refractivity contribution in [2.75, 3.05) is 11.9 Å². The van der Waals surface area contributed by atoms with Gasteiger partial charge in [0.05, 0.1) is 4.92 Å². The molecule has 1 aliphatic rings. The van der Waals surface area contributed by atoms with Crippen molar-refractivity contribution < 1.29 is 9.72 Å². The molecule has 2 rings (SSSR count). The number of nitro benzene ring substituents is 1. The number of benzene rings is 1. The number of carbonyl (C=O) groups excluding carboxylic acids is 1. The van der Waals surface area contributed by atoms with Crippen molar-refractivity contribution in [2.45, 2.75) is 32.2 Å². The van der Waals surface area contributed by atoms with E-state index in [0.29, 0.717) is 24.6 Å². The van der Waals surface area contributed by atoms with E-state index in [1.54, 1.807) is 18.2 Å². The standard InChI is InChI=1S/C14H19N3O3/c1-10(11-6-7-11)16-14(18)8-9-15-12-4-2-3-5-13(12)17(19)20/h2-5,10-11,15H,6-9H2,1H3,(H,16,18). The minimum Gasteiger partial charge on any atom is -0.379 e. The van der Waals surface area contributed by atoms with Crippen LogP contribution in [0.3, 0.4) is 0 Å². The molecular weight excluding hydrogens is 258 g/mol. The summed E-state index contributed by atoms with van der Waals surface area (Å²) in [5.41, 5.74) is 0.472. The molecule has 6 nitrogen and oxygen atoms in total. The van der Waals surface area contributed by atoms with Crippen molar-refractivity contribution in [3.63, 3.8) is 0 Å². The van der Waals surface area contributed by atoms with Crippen molar-refractivity contribution in [3.05, 3.63) is 34.4 Å². The van der Waals surface area contributed by atoms with Crippen LogP contribution in [-0.4, -0.2) is 23.4 Å². The maximum absolute atomic E-state index is 11.7. The highest BCUT2D eigenvalue weighted by Gasteiger charge is 2.28. The molecule has 0 heterocycles. The van der Waals surface area contributed by atoms with E-state index in [1.165, 1.54) is 18.9 Å². The van der Waals surface area contributed by atoms with Crippen LogP contribution in [0.2, 0.25) is 0 Å². The second-order valence-electron chi connectivity index (χ2n) is 5.14. The minimum atomic E-state index is -0.433. The van der Waals surface area contributed by atoms with Gasteiger partial charge in [-0.15, -0.1) is 0 Å². The molecule has 1 aromatic rings. The van der Waals surface area contributed by atoms with Gasteiger partial charge in [-0.3, -0.25) is 14.9 Å². The van der Waals surface area contributed by atoms with Crippen LogP contribution in [0.25, 0.3) is 0 Å². The molecule has 0 bridgehead atoms. The van der Waals surface area contributed by atoms with Gasteiger partial charge in [-0.1, -0.05) is 12.1 Å². The van der Waals surface area contributed by atoms with Crippen molar-refractivity contribution >= 4 is 17.3 Å². The Morgan fingerprint density at radius 1 is 1.45 bits per heavy atom. The monoisotopic (exact) mass is 277 g/mol. The summed E-state index contributed by atoms with van der Waals surface area (Å²) >= 11 is 0. The fourth-order valence-corrected chi connectivity index (χ4v) is 2.13. The summed E-state index contributed by atoms with van der Waals surface area (Å²) in [6.07, 6.45) is 2.69. The largest absolute Gasteiger partial charge is 0.379 e. The van der Waals surface area contributed by atoms with Crippen molar-refractivity contribution in [2.24, 2.45) is 5.92 Å². The number of anilines is 1. The van der Waals surface area contributed by atoms with Gasteiger partial charge < -0.3 is 10.6 Å². The highest BCUT2D eigenvalue weighted by Crippen LogP contribution is 2.32. The third-order valence-electron chi connectivity index (χ3n) is 3.49. The molecule has 1 fully saturated rings. The Labute approximate surface area is 117 Å². The van der Waals surface area contributed by atoms with Gasteiger partial charge in [0.15, 0.2) is 0 Å². The second kappa shape index (κ2) is 6.36. The number of amides is 1. The lowest BCUT2D eigenvalue weighted by atomic mass is 10.2. The van der Waals surface area contributed by atoms with E-state index in [0.717, 1.165) is 0 Å². The molecule has 0 radical (unpaired) electrons. The summed E-state index contributed by atoms with van der Waals surface area (Å²) in [7, 11) is 0. The molecule has 0 aromatic heterocycles. The van der Waals surface area contributed by atoms with Crippen molar-refractivity contribution in [1.82, 2.24) is 5.32 Å². The van der Waals surface area contributed by atoms with Crippen LogP contribution in [-0.2, 0) is 4.79 Å². The van der Waals surface area contributed by atoms with E-state index >= 15 is 0 Å². The molecule has 1 unspecified atom stereocenters. The fraction of sp³-hybridized carbons (Fsp3) is 0.500. The highest BCUT2D eigenvalue weighted by molar-refractivity contribution is 5.77. The molecule has 0 aliphatic heterocycles. The third-order valence-corrected chi connectivity index (χ3v) is 3.49. The zero-order valence-electron chi connectivity index (χ0n) is 11.5. The quantitative estimate of drug-likeness (QED) is 0.591. The molecule has 1 aromatic carbocycles. The minimum absolute atomic E-state index is 0.0181. The Balaban J connectivity index is 1.77. The fourth-order valence-electron chi connectivity index (χ4n) is 2.13. The van der Waals surface area contributed by atoms with Crippen LogP contribution in [0.15, 0.2) is 24.3 Å². The van der Waals surface area contributed by atoms with Gasteiger partial charge in [-0.25, -0.2) is 0 Å². The van der Waals surface area contributed by atoms with Gasteiger partial charge in [-0.2, -0.15) is 0 Å². The van der Waals surface area contributed by atoms with E-state index in [1.807, 2.05) is 6.92 Å². The number of nitro groups is 1. The van der Waals surface area contributed by atoms with E-state index in [-0.39, 0.29) is 17.6 Å². The maximum Gasteiger partial charge on any atom is 0.292 e. The number of hydrogen-bond donors (Lipinski definition) is 2. The first kappa shape index (κ1) is 14.3. The molecule has 6 heteroatoms. The topological polar surface area (TPSA) is 84.3 Å². The van der Waals surface area contributed by atoms with Crippen LogP contribution < -0.4 is 10.6 Å². The summed E-state index contributed by atoms with van der Waals surface area (Å²) < 4.78 is 0. The third kappa shape index (κ3) is 3.94. The second-order valence-corrected chi connectivity index (χ2v) is 5.14. The molecule has 108 valence electrons. The lowest BCUT2D eigenvalue weighted by molar-refractivity contribution is -0.384. The normalized spacial score (nSPS) is 15.4. The Kier molecular flexibility index (Phi) is 4.55. The number of nitrogens with one attached hydrogen (secondary N) is 2. The molecule has 0 saturated heterocycles. The van der Waals surface area contributed by atoms with Crippen LogP contribution in [0, 0.1) is 16.0 Å². The van der Waals surface area contributed by atoms with Crippen molar-refractivity contribution in [3.8, 4) is 0 Å². The van der Waals surface area contributed by atoms with E-state index in [4.69, 9.17) is 0 Å². The molecule has 1 amide bonds. The van der Waals surface area contributed by atoms with E-state index < -0.39 is 4.92 Å². The average molecular weight is 277 g/mol. The molecule has 1 aliphatic carbocycles. The first-order chi connectivity index (χ1) is 9.58. The molecule has 2 N–H and O–H groups in total. The summed E-state index contributed by atoms with van der Waals surface area (Å²) in [6.45, 7) is 2.40. The van der Waals surface area contributed by atoms with Gasteiger partial charge >= 0.3 is 0 Å².